The molecule has 1 heterocycles. The Morgan fingerprint density at radius 1 is 0.906 bits per heavy atom. The van der Waals surface area contributed by atoms with Crippen LogP contribution in [0.4, 0.5) is 0 Å². The fourth-order valence-corrected chi connectivity index (χ4v) is 3.41. The molecule has 0 bridgehead atoms. The second-order valence-electron chi connectivity index (χ2n) is 6.37. The van der Waals surface area contributed by atoms with Gasteiger partial charge >= 0.3 is 59.1 Å². The molecule has 32 heavy (non-hydrogen) atoms. The molecule has 3 rings (SSSR count). The summed E-state index contributed by atoms with van der Waals surface area (Å²) < 4.78 is 33.2. The average Bonchev–Trinajstić information content (AvgIpc) is 3.18. The van der Waals surface area contributed by atoms with Crippen LogP contribution in [0.15, 0.2) is 30.5 Å². The van der Waals surface area contributed by atoms with Crippen LogP contribution in [0.1, 0.15) is 11.1 Å². The first-order valence-corrected chi connectivity index (χ1v) is 10.2. The number of phosphoric acid groups is 1. The molecular weight excluding hydrogens is 459 g/mol. The maximum Gasteiger partial charge on any atom is 1.00 e. The Morgan fingerprint density at radius 2 is 1.53 bits per heavy atom. The number of nitrogens with zero attached hydrogens (tertiary/aromatic N) is 3. The van der Waals surface area contributed by atoms with Crippen LogP contribution in [-0.2, 0) is 4.57 Å². The predicted octanol–water partition coefficient (Wildman–Crippen LogP) is -4.21. The van der Waals surface area contributed by atoms with Gasteiger partial charge in [0.15, 0.2) is 11.5 Å². The summed E-state index contributed by atoms with van der Waals surface area (Å²) in [7, 11) is -1.08. The normalized spacial score (nSPS) is 10.6. The van der Waals surface area contributed by atoms with E-state index in [2.05, 4.69) is 14.8 Å². The third-order valence-electron chi connectivity index (χ3n) is 4.57. The number of rotatable bonds is 7. The number of aryl methyl sites for hydroxylation is 1. The zero-order valence-electron chi connectivity index (χ0n) is 19.0. The van der Waals surface area contributed by atoms with Gasteiger partial charge in [0.1, 0.15) is 13.6 Å². The van der Waals surface area contributed by atoms with Crippen molar-refractivity contribution in [3.05, 3.63) is 41.6 Å². The van der Waals surface area contributed by atoms with Gasteiger partial charge < -0.3 is 33.1 Å². The molecule has 0 saturated carbocycles. The molecule has 0 N–H and O–H groups in total. The van der Waals surface area contributed by atoms with Crippen LogP contribution in [0.3, 0.4) is 0 Å². The van der Waals surface area contributed by atoms with E-state index in [-0.39, 0.29) is 76.4 Å². The zero-order valence-corrected chi connectivity index (χ0v) is 23.9. The molecule has 0 aliphatic heterocycles. The minimum atomic E-state index is -5.34. The number of aromatic nitrogens is 3. The standard InChI is InChI=1S/C19H22N3O7P.2Na/c1-11-6-14(9-16(26-3)12(11)2)22-15(10-20-21-22)13-7-17(27-4)19(28-5)18(8-13)29-30(23,24)25;;/h6-10H,1-5H3,(H2,23,24,25);;/q;2*+1/p-2. The summed E-state index contributed by atoms with van der Waals surface area (Å²) in [6.07, 6.45) is 1.49. The van der Waals surface area contributed by atoms with Gasteiger partial charge in [0.2, 0.25) is 5.75 Å². The SMILES string of the molecule is COc1cc(-n2nncc2-c2cc(OC)c(OC)c(OP(=O)([O-])[O-])c2)cc(C)c1C.[Na+].[Na+]. The van der Waals surface area contributed by atoms with Crippen LogP contribution in [-0.4, -0.2) is 36.3 Å². The largest absolute Gasteiger partial charge is 1.00 e. The van der Waals surface area contributed by atoms with Crippen LogP contribution in [0.5, 0.6) is 23.0 Å². The van der Waals surface area contributed by atoms with Crippen LogP contribution < -0.4 is 87.6 Å². The van der Waals surface area contributed by atoms with Gasteiger partial charge in [0, 0.05) is 11.6 Å². The summed E-state index contributed by atoms with van der Waals surface area (Å²) in [6.45, 7) is 3.89. The Kier molecular flexibility index (Phi) is 10.7. The molecule has 0 radical (unpaired) electrons. The van der Waals surface area contributed by atoms with Gasteiger partial charge in [-0.1, -0.05) is 5.21 Å². The van der Waals surface area contributed by atoms with Crippen molar-refractivity contribution in [1.82, 2.24) is 15.0 Å². The van der Waals surface area contributed by atoms with E-state index in [1.54, 1.807) is 17.9 Å². The molecule has 3 aromatic rings. The maximum atomic E-state index is 11.2. The summed E-state index contributed by atoms with van der Waals surface area (Å²) >= 11 is 0. The molecule has 160 valence electrons. The molecule has 0 unspecified atom stereocenters. The van der Waals surface area contributed by atoms with Crippen molar-refractivity contribution in [3.63, 3.8) is 0 Å². The van der Waals surface area contributed by atoms with Crippen molar-refractivity contribution in [2.45, 2.75) is 13.8 Å². The van der Waals surface area contributed by atoms with Crippen molar-refractivity contribution in [2.75, 3.05) is 21.3 Å². The topological polar surface area (TPSA) is 131 Å². The molecule has 13 heteroatoms. The summed E-state index contributed by atoms with van der Waals surface area (Å²) in [5.74, 6) is 0.524. The smallest absolute Gasteiger partial charge is 0.780 e. The van der Waals surface area contributed by atoms with Gasteiger partial charge in [-0.3, -0.25) is 0 Å². The van der Waals surface area contributed by atoms with Crippen molar-refractivity contribution in [3.8, 4) is 39.9 Å². The van der Waals surface area contributed by atoms with Crippen LogP contribution in [0, 0.1) is 13.8 Å². The van der Waals surface area contributed by atoms with E-state index in [0.29, 0.717) is 22.7 Å². The van der Waals surface area contributed by atoms with Gasteiger partial charge in [-0.2, -0.15) is 0 Å². The molecule has 0 fully saturated rings. The first kappa shape index (κ1) is 29.0. The Morgan fingerprint density at radius 3 is 2.09 bits per heavy atom. The van der Waals surface area contributed by atoms with Crippen LogP contribution in [0.2, 0.25) is 0 Å². The molecule has 2 aromatic carbocycles. The Bertz CT molecular complexity index is 1130. The first-order valence-electron chi connectivity index (χ1n) is 8.73. The molecule has 0 aliphatic rings. The number of hydrogen-bond donors (Lipinski definition) is 0. The fourth-order valence-electron chi connectivity index (χ4n) is 3.03. The predicted molar refractivity (Wildman–Crippen MR) is 104 cm³/mol. The van der Waals surface area contributed by atoms with E-state index < -0.39 is 7.82 Å². The molecule has 0 spiro atoms. The van der Waals surface area contributed by atoms with Gasteiger partial charge in [0.05, 0.1) is 38.9 Å². The maximum absolute atomic E-state index is 11.2. The van der Waals surface area contributed by atoms with E-state index in [9.17, 15) is 14.4 Å². The molecule has 0 aliphatic carbocycles. The number of phosphoric ester groups is 1. The molecule has 10 nitrogen and oxygen atoms in total. The number of benzene rings is 2. The van der Waals surface area contributed by atoms with Crippen LogP contribution >= 0.6 is 7.82 Å². The minimum absolute atomic E-state index is 0. The van der Waals surface area contributed by atoms with Crippen LogP contribution in [0.25, 0.3) is 16.9 Å². The number of hydrogen-bond acceptors (Lipinski definition) is 9. The Hall–Kier alpha value is -1.07. The molecule has 0 saturated heterocycles. The zero-order chi connectivity index (χ0) is 22.1. The van der Waals surface area contributed by atoms with Gasteiger partial charge in [-0.05, 0) is 43.2 Å². The Labute approximate surface area is 230 Å². The number of methoxy groups -OCH3 is 3. The minimum Gasteiger partial charge on any atom is -0.780 e. The second-order valence-corrected chi connectivity index (χ2v) is 7.45. The average molecular weight is 479 g/mol. The van der Waals surface area contributed by atoms with Gasteiger partial charge in [-0.15, -0.1) is 5.10 Å². The van der Waals surface area contributed by atoms with Gasteiger partial charge in [-0.25, -0.2) is 4.68 Å². The van der Waals surface area contributed by atoms with E-state index >= 15 is 0 Å². The van der Waals surface area contributed by atoms with Crippen molar-refractivity contribution < 1.29 is 92.2 Å². The third-order valence-corrected chi connectivity index (χ3v) is 4.99. The number of ether oxygens (including phenoxy) is 3. The summed E-state index contributed by atoms with van der Waals surface area (Å²) in [6, 6.07) is 6.66. The summed E-state index contributed by atoms with van der Waals surface area (Å²) in [4.78, 5) is 22.4. The van der Waals surface area contributed by atoms with Crippen molar-refractivity contribution in [2.24, 2.45) is 0 Å². The van der Waals surface area contributed by atoms with E-state index in [1.807, 2.05) is 26.0 Å². The van der Waals surface area contributed by atoms with E-state index in [1.165, 1.54) is 26.5 Å². The van der Waals surface area contributed by atoms with Crippen molar-refractivity contribution >= 4 is 7.82 Å². The Balaban J connectivity index is 0.00000256. The monoisotopic (exact) mass is 479 g/mol. The van der Waals surface area contributed by atoms with E-state index in [0.717, 1.165) is 11.1 Å². The molecular formula is C19H20N3Na2O7P. The van der Waals surface area contributed by atoms with E-state index in [4.69, 9.17) is 14.2 Å². The molecule has 1 aromatic heterocycles. The van der Waals surface area contributed by atoms with Gasteiger partial charge in [0.25, 0.3) is 0 Å². The molecule has 0 amide bonds. The summed E-state index contributed by atoms with van der Waals surface area (Å²) in [5.41, 5.74) is 3.60. The molecule has 0 atom stereocenters. The fraction of sp³-hybridized carbons (Fsp3) is 0.263. The first-order chi connectivity index (χ1) is 14.2. The second kappa shape index (κ2) is 11.9. The van der Waals surface area contributed by atoms with Crippen molar-refractivity contribution in [1.29, 1.82) is 0 Å². The third kappa shape index (κ3) is 6.28. The quantitative estimate of drug-likeness (QED) is 0.245. The summed E-state index contributed by atoms with van der Waals surface area (Å²) in [5, 5.41) is 8.10.